The van der Waals surface area contributed by atoms with E-state index < -0.39 is 11.6 Å². The summed E-state index contributed by atoms with van der Waals surface area (Å²) in [7, 11) is 1.58. The van der Waals surface area contributed by atoms with Crippen LogP contribution in [0, 0.1) is 23.0 Å². The van der Waals surface area contributed by atoms with E-state index in [1.165, 1.54) is 0 Å². The van der Waals surface area contributed by atoms with Crippen LogP contribution >= 0.6 is 0 Å². The fourth-order valence-corrected chi connectivity index (χ4v) is 2.06. The number of hydrogen-bond donors (Lipinski definition) is 0. The second-order valence-electron chi connectivity index (χ2n) is 3.99. The van der Waals surface area contributed by atoms with Gasteiger partial charge in [0.15, 0.2) is 11.6 Å². The van der Waals surface area contributed by atoms with Gasteiger partial charge in [-0.15, -0.1) is 0 Å². The number of nitrogens with zero attached hydrogens (tertiary/aromatic N) is 2. The molecule has 1 aromatic carbocycles. The summed E-state index contributed by atoms with van der Waals surface area (Å²) in [6, 6.07) is 3.83. The van der Waals surface area contributed by atoms with Crippen molar-refractivity contribution in [2.75, 3.05) is 25.1 Å². The fourth-order valence-electron chi connectivity index (χ4n) is 2.06. The molecule has 1 aliphatic rings. The van der Waals surface area contributed by atoms with Crippen LogP contribution in [0.25, 0.3) is 0 Å². The van der Waals surface area contributed by atoms with Gasteiger partial charge in [-0.3, -0.25) is 0 Å². The maximum atomic E-state index is 13.7. The van der Waals surface area contributed by atoms with Gasteiger partial charge in [-0.25, -0.2) is 8.78 Å². The van der Waals surface area contributed by atoms with E-state index in [-0.39, 0.29) is 17.4 Å². The molecule has 0 aromatic heterocycles. The van der Waals surface area contributed by atoms with Crippen molar-refractivity contribution in [1.82, 2.24) is 0 Å². The third-order valence-electron chi connectivity index (χ3n) is 2.94. The molecule has 1 aliphatic heterocycles. The molecule has 0 saturated carbocycles. The minimum Gasteiger partial charge on any atom is -0.380 e. The zero-order chi connectivity index (χ0) is 12.4. The van der Waals surface area contributed by atoms with E-state index in [0.29, 0.717) is 13.1 Å². The van der Waals surface area contributed by atoms with Crippen LogP contribution in [0.1, 0.15) is 12.0 Å². The maximum Gasteiger partial charge on any atom is 0.150 e. The molecule has 1 unspecified atom stereocenters. The first-order chi connectivity index (χ1) is 8.15. The third-order valence-corrected chi connectivity index (χ3v) is 2.94. The highest BCUT2D eigenvalue weighted by Gasteiger charge is 2.26. The molecular weight excluding hydrogens is 226 g/mol. The Bertz CT molecular complexity index is 447. The molecule has 1 heterocycles. The molecule has 1 saturated heterocycles. The number of hydrogen-bond acceptors (Lipinski definition) is 3. The molecule has 17 heavy (non-hydrogen) atoms. The molecule has 0 spiro atoms. The number of rotatable bonds is 2. The van der Waals surface area contributed by atoms with Gasteiger partial charge in [-0.1, -0.05) is 0 Å². The zero-order valence-electron chi connectivity index (χ0n) is 9.41. The molecule has 1 aromatic rings. The molecule has 2 rings (SSSR count). The molecule has 1 atom stereocenters. The van der Waals surface area contributed by atoms with Crippen molar-refractivity contribution in [3.05, 3.63) is 29.3 Å². The quantitative estimate of drug-likeness (QED) is 0.791. The number of anilines is 1. The third kappa shape index (κ3) is 2.22. The summed E-state index contributed by atoms with van der Waals surface area (Å²) >= 11 is 0. The predicted octanol–water partition coefficient (Wildman–Crippen LogP) is 2.06. The lowest BCUT2D eigenvalue weighted by atomic mass is 10.2. The maximum absolute atomic E-state index is 13.7. The average molecular weight is 238 g/mol. The van der Waals surface area contributed by atoms with Crippen molar-refractivity contribution in [3.63, 3.8) is 0 Å². The van der Waals surface area contributed by atoms with E-state index in [2.05, 4.69) is 0 Å². The van der Waals surface area contributed by atoms with Crippen molar-refractivity contribution in [3.8, 4) is 6.07 Å². The van der Waals surface area contributed by atoms with Crippen molar-refractivity contribution >= 4 is 5.69 Å². The van der Waals surface area contributed by atoms with Gasteiger partial charge in [-0.2, -0.15) is 5.26 Å². The summed E-state index contributed by atoms with van der Waals surface area (Å²) in [6.45, 7) is 1.02. The lowest BCUT2D eigenvalue weighted by molar-refractivity contribution is 0.121. The first-order valence-electron chi connectivity index (χ1n) is 5.32. The van der Waals surface area contributed by atoms with Gasteiger partial charge >= 0.3 is 0 Å². The number of nitriles is 1. The van der Waals surface area contributed by atoms with Crippen LogP contribution in [0.2, 0.25) is 0 Å². The van der Waals surface area contributed by atoms with Gasteiger partial charge in [0.25, 0.3) is 0 Å². The number of ether oxygens (including phenoxy) is 1. The SMILES string of the molecule is COC1CCN(c2c(F)cc(C#N)cc2F)C1. The van der Waals surface area contributed by atoms with Crippen LogP contribution in [0.3, 0.4) is 0 Å². The minimum atomic E-state index is -0.696. The zero-order valence-corrected chi connectivity index (χ0v) is 9.41. The van der Waals surface area contributed by atoms with Crippen LogP contribution in [0.15, 0.2) is 12.1 Å². The van der Waals surface area contributed by atoms with Crippen LogP contribution in [-0.4, -0.2) is 26.3 Å². The Hall–Kier alpha value is -1.67. The number of methoxy groups -OCH3 is 1. The molecule has 0 aliphatic carbocycles. The van der Waals surface area contributed by atoms with E-state index >= 15 is 0 Å². The molecular formula is C12H12F2N2O. The normalized spacial score (nSPS) is 19.4. The molecule has 0 bridgehead atoms. The number of halogens is 2. The van der Waals surface area contributed by atoms with Crippen LogP contribution in [0.5, 0.6) is 0 Å². The van der Waals surface area contributed by atoms with Crippen molar-refractivity contribution in [2.45, 2.75) is 12.5 Å². The monoisotopic (exact) mass is 238 g/mol. The highest BCUT2D eigenvalue weighted by Crippen LogP contribution is 2.28. The smallest absolute Gasteiger partial charge is 0.150 e. The summed E-state index contributed by atoms with van der Waals surface area (Å²) in [5, 5.41) is 8.61. The molecule has 1 fully saturated rings. The van der Waals surface area contributed by atoms with Gasteiger partial charge in [0.05, 0.1) is 17.7 Å². The lowest BCUT2D eigenvalue weighted by Gasteiger charge is -2.19. The van der Waals surface area contributed by atoms with Crippen LogP contribution in [-0.2, 0) is 4.74 Å². The summed E-state index contributed by atoms with van der Waals surface area (Å²) < 4.78 is 32.6. The van der Waals surface area contributed by atoms with E-state index in [0.717, 1.165) is 18.6 Å². The molecule has 5 heteroatoms. The Labute approximate surface area is 98.2 Å². The van der Waals surface area contributed by atoms with Gasteiger partial charge in [0.2, 0.25) is 0 Å². The van der Waals surface area contributed by atoms with E-state index in [4.69, 9.17) is 10.00 Å². The van der Waals surface area contributed by atoms with Crippen LogP contribution < -0.4 is 4.90 Å². The summed E-state index contributed by atoms with van der Waals surface area (Å²) in [5.41, 5.74) is -0.0743. The molecule has 90 valence electrons. The fraction of sp³-hybridized carbons (Fsp3) is 0.417. The van der Waals surface area contributed by atoms with Gasteiger partial charge in [-0.05, 0) is 18.6 Å². The largest absolute Gasteiger partial charge is 0.380 e. The van der Waals surface area contributed by atoms with Crippen molar-refractivity contribution < 1.29 is 13.5 Å². The molecule has 0 amide bonds. The Kier molecular flexibility index (Phi) is 3.25. The first-order valence-corrected chi connectivity index (χ1v) is 5.32. The van der Waals surface area contributed by atoms with Gasteiger partial charge in [0, 0.05) is 20.2 Å². The van der Waals surface area contributed by atoms with E-state index in [1.807, 2.05) is 0 Å². The summed E-state index contributed by atoms with van der Waals surface area (Å²) in [4.78, 5) is 1.61. The Morgan fingerprint density at radius 1 is 1.41 bits per heavy atom. The topological polar surface area (TPSA) is 36.3 Å². The Morgan fingerprint density at radius 2 is 2.06 bits per heavy atom. The lowest BCUT2D eigenvalue weighted by Crippen LogP contribution is -2.24. The van der Waals surface area contributed by atoms with E-state index in [9.17, 15) is 8.78 Å². The van der Waals surface area contributed by atoms with Gasteiger partial charge in [0.1, 0.15) is 5.69 Å². The average Bonchev–Trinajstić information content (AvgIpc) is 2.76. The Balaban J connectivity index is 2.31. The molecule has 3 nitrogen and oxygen atoms in total. The second-order valence-corrected chi connectivity index (χ2v) is 3.99. The summed E-state index contributed by atoms with van der Waals surface area (Å²) in [5.74, 6) is -1.39. The van der Waals surface area contributed by atoms with Crippen LogP contribution in [0.4, 0.5) is 14.5 Å². The Morgan fingerprint density at radius 3 is 2.53 bits per heavy atom. The van der Waals surface area contributed by atoms with E-state index in [1.54, 1.807) is 18.1 Å². The predicted molar refractivity (Wildman–Crippen MR) is 58.7 cm³/mol. The molecule has 0 radical (unpaired) electrons. The second kappa shape index (κ2) is 4.68. The number of benzene rings is 1. The van der Waals surface area contributed by atoms with Crippen molar-refractivity contribution in [2.24, 2.45) is 0 Å². The van der Waals surface area contributed by atoms with Gasteiger partial charge < -0.3 is 9.64 Å². The highest BCUT2D eigenvalue weighted by molar-refractivity contribution is 5.53. The highest BCUT2D eigenvalue weighted by atomic mass is 19.1. The van der Waals surface area contributed by atoms with Crippen molar-refractivity contribution in [1.29, 1.82) is 5.26 Å². The summed E-state index contributed by atoms with van der Waals surface area (Å²) in [6.07, 6.45) is 0.750. The minimum absolute atomic E-state index is 0.00411. The standard InChI is InChI=1S/C12H12F2N2O/c1-17-9-2-3-16(7-9)12-10(13)4-8(6-15)5-11(12)14/h4-5,9H,2-3,7H2,1H3. The molecule has 0 N–H and O–H groups in total. The first kappa shape index (κ1) is 11.8.